The molecule has 0 atom stereocenters. The monoisotopic (exact) mass is 253 g/mol. The molecule has 0 spiro atoms. The van der Waals surface area contributed by atoms with Crippen LogP contribution < -0.4 is 5.32 Å². The Morgan fingerprint density at radius 3 is 2.65 bits per heavy atom. The first-order chi connectivity index (χ1) is 8.20. The van der Waals surface area contributed by atoms with Gasteiger partial charge in [0, 0.05) is 6.54 Å². The van der Waals surface area contributed by atoms with Gasteiger partial charge in [-0.05, 0) is 24.3 Å². The van der Waals surface area contributed by atoms with Gasteiger partial charge in [0.1, 0.15) is 0 Å². The van der Waals surface area contributed by atoms with Gasteiger partial charge in [-0.3, -0.25) is 4.79 Å². The lowest BCUT2D eigenvalue weighted by atomic mass is 9.94. The summed E-state index contributed by atoms with van der Waals surface area (Å²) in [6, 6.07) is 3.66. The van der Waals surface area contributed by atoms with Gasteiger partial charge in [0.2, 0.25) is 0 Å². The molecule has 1 aromatic heterocycles. The maximum absolute atomic E-state index is 11.8. The lowest BCUT2D eigenvalue weighted by molar-refractivity contribution is 0.0247. The third kappa shape index (κ3) is 3.54. The van der Waals surface area contributed by atoms with Crippen molar-refractivity contribution in [3.05, 3.63) is 22.4 Å². The summed E-state index contributed by atoms with van der Waals surface area (Å²) in [7, 11) is 0. The van der Waals surface area contributed by atoms with E-state index < -0.39 is 5.60 Å². The molecule has 94 valence electrons. The SMILES string of the molecule is O=C(NCC1(O)CCCCCC1)c1cccs1. The molecule has 3 nitrogen and oxygen atoms in total. The molecule has 0 radical (unpaired) electrons. The zero-order valence-corrected chi connectivity index (χ0v) is 10.8. The molecule has 1 aliphatic rings. The van der Waals surface area contributed by atoms with Crippen molar-refractivity contribution in [2.24, 2.45) is 0 Å². The molecule has 4 heteroatoms. The number of thiophene rings is 1. The molecule has 0 unspecified atom stereocenters. The van der Waals surface area contributed by atoms with Gasteiger partial charge >= 0.3 is 0 Å². The van der Waals surface area contributed by atoms with E-state index in [1.807, 2.05) is 11.4 Å². The van der Waals surface area contributed by atoms with Gasteiger partial charge < -0.3 is 10.4 Å². The maximum atomic E-state index is 11.8. The second-order valence-electron chi connectivity index (χ2n) is 4.80. The van der Waals surface area contributed by atoms with Crippen LogP contribution in [0.2, 0.25) is 0 Å². The Balaban J connectivity index is 1.86. The molecule has 0 saturated heterocycles. The minimum Gasteiger partial charge on any atom is -0.388 e. The van der Waals surface area contributed by atoms with Crippen LogP contribution >= 0.6 is 11.3 Å². The van der Waals surface area contributed by atoms with Gasteiger partial charge in [0.25, 0.3) is 5.91 Å². The minimum atomic E-state index is -0.691. The standard InChI is InChI=1S/C13H19NO2S/c15-12(11-6-5-9-17-11)14-10-13(16)7-3-1-2-4-8-13/h5-6,9,16H,1-4,7-8,10H2,(H,14,15). The summed E-state index contributed by atoms with van der Waals surface area (Å²) in [5.74, 6) is -0.0716. The molecule has 2 rings (SSSR count). The van der Waals surface area contributed by atoms with Crippen LogP contribution in [0.5, 0.6) is 0 Å². The second kappa shape index (κ2) is 5.65. The first-order valence-corrected chi connectivity index (χ1v) is 7.12. The summed E-state index contributed by atoms with van der Waals surface area (Å²) >= 11 is 1.43. The van der Waals surface area contributed by atoms with E-state index in [0.29, 0.717) is 11.4 Å². The van der Waals surface area contributed by atoms with Crippen LogP contribution in [0, 0.1) is 0 Å². The highest BCUT2D eigenvalue weighted by molar-refractivity contribution is 7.12. The van der Waals surface area contributed by atoms with Crippen LogP contribution in [0.25, 0.3) is 0 Å². The topological polar surface area (TPSA) is 49.3 Å². The quantitative estimate of drug-likeness (QED) is 0.813. The number of hydrogen-bond donors (Lipinski definition) is 2. The highest BCUT2D eigenvalue weighted by Crippen LogP contribution is 2.26. The number of carbonyl (C=O) groups is 1. The molecule has 0 bridgehead atoms. The number of nitrogens with one attached hydrogen (secondary N) is 1. The lowest BCUT2D eigenvalue weighted by Gasteiger charge is -2.26. The predicted octanol–water partition coefficient (Wildman–Crippen LogP) is 2.56. The molecule has 1 amide bonds. The first kappa shape index (κ1) is 12.6. The van der Waals surface area contributed by atoms with Crippen molar-refractivity contribution in [3.8, 4) is 0 Å². The fourth-order valence-corrected chi connectivity index (χ4v) is 2.94. The van der Waals surface area contributed by atoms with Gasteiger partial charge in [-0.15, -0.1) is 11.3 Å². The Kier molecular flexibility index (Phi) is 4.18. The Bertz CT molecular complexity index is 354. The van der Waals surface area contributed by atoms with Gasteiger partial charge in [-0.1, -0.05) is 31.7 Å². The molecular weight excluding hydrogens is 234 g/mol. The van der Waals surface area contributed by atoms with Crippen molar-refractivity contribution in [2.45, 2.75) is 44.1 Å². The Labute approximate surface area is 106 Å². The molecule has 17 heavy (non-hydrogen) atoms. The lowest BCUT2D eigenvalue weighted by Crippen LogP contribution is -2.42. The Morgan fingerprint density at radius 1 is 1.35 bits per heavy atom. The van der Waals surface area contributed by atoms with E-state index in [9.17, 15) is 9.90 Å². The average molecular weight is 253 g/mol. The third-order valence-electron chi connectivity index (χ3n) is 3.36. The van der Waals surface area contributed by atoms with Crippen LogP contribution in [0.1, 0.15) is 48.2 Å². The number of aliphatic hydroxyl groups is 1. The zero-order valence-electron chi connectivity index (χ0n) is 9.95. The van der Waals surface area contributed by atoms with Crippen LogP contribution in [-0.2, 0) is 0 Å². The fourth-order valence-electron chi connectivity index (χ4n) is 2.30. The molecule has 1 saturated carbocycles. The molecule has 1 heterocycles. The summed E-state index contributed by atoms with van der Waals surface area (Å²) in [6.07, 6.45) is 6.12. The van der Waals surface area contributed by atoms with Gasteiger partial charge in [0.15, 0.2) is 0 Å². The van der Waals surface area contributed by atoms with E-state index in [2.05, 4.69) is 5.32 Å². The van der Waals surface area contributed by atoms with E-state index in [4.69, 9.17) is 0 Å². The predicted molar refractivity (Wildman–Crippen MR) is 69.3 cm³/mol. The largest absolute Gasteiger partial charge is 0.388 e. The maximum Gasteiger partial charge on any atom is 0.261 e. The summed E-state index contributed by atoms with van der Waals surface area (Å²) < 4.78 is 0. The number of amides is 1. The summed E-state index contributed by atoms with van der Waals surface area (Å²) in [4.78, 5) is 12.5. The normalized spacial score (nSPS) is 19.6. The summed E-state index contributed by atoms with van der Waals surface area (Å²) in [5, 5.41) is 15.1. The average Bonchev–Trinajstić information content (AvgIpc) is 2.77. The highest BCUT2D eigenvalue weighted by Gasteiger charge is 2.28. The van der Waals surface area contributed by atoms with Crippen LogP contribution in [-0.4, -0.2) is 23.2 Å². The Hall–Kier alpha value is -0.870. The molecular formula is C13H19NO2S. The van der Waals surface area contributed by atoms with E-state index in [0.717, 1.165) is 25.7 Å². The van der Waals surface area contributed by atoms with Crippen molar-refractivity contribution in [3.63, 3.8) is 0 Å². The summed E-state index contributed by atoms with van der Waals surface area (Å²) in [5.41, 5.74) is -0.691. The molecule has 0 aliphatic heterocycles. The van der Waals surface area contributed by atoms with Crippen molar-refractivity contribution >= 4 is 17.2 Å². The van der Waals surface area contributed by atoms with Crippen molar-refractivity contribution in [2.75, 3.05) is 6.54 Å². The fraction of sp³-hybridized carbons (Fsp3) is 0.615. The minimum absolute atomic E-state index is 0.0716. The van der Waals surface area contributed by atoms with E-state index in [-0.39, 0.29) is 5.91 Å². The molecule has 2 N–H and O–H groups in total. The smallest absolute Gasteiger partial charge is 0.261 e. The van der Waals surface area contributed by atoms with Crippen molar-refractivity contribution < 1.29 is 9.90 Å². The molecule has 1 fully saturated rings. The van der Waals surface area contributed by atoms with Crippen LogP contribution in [0.3, 0.4) is 0 Å². The Morgan fingerprint density at radius 2 is 2.06 bits per heavy atom. The molecule has 1 aliphatic carbocycles. The molecule has 1 aromatic rings. The van der Waals surface area contributed by atoms with Gasteiger partial charge in [-0.25, -0.2) is 0 Å². The van der Waals surface area contributed by atoms with Crippen molar-refractivity contribution in [1.82, 2.24) is 5.32 Å². The number of carbonyl (C=O) groups excluding carboxylic acids is 1. The second-order valence-corrected chi connectivity index (χ2v) is 5.75. The number of rotatable bonds is 3. The highest BCUT2D eigenvalue weighted by atomic mass is 32.1. The van der Waals surface area contributed by atoms with E-state index in [1.165, 1.54) is 24.2 Å². The third-order valence-corrected chi connectivity index (χ3v) is 4.23. The van der Waals surface area contributed by atoms with Crippen LogP contribution in [0.4, 0.5) is 0 Å². The van der Waals surface area contributed by atoms with Crippen molar-refractivity contribution in [1.29, 1.82) is 0 Å². The first-order valence-electron chi connectivity index (χ1n) is 6.24. The van der Waals surface area contributed by atoms with Crippen LogP contribution in [0.15, 0.2) is 17.5 Å². The van der Waals surface area contributed by atoms with Gasteiger partial charge in [0.05, 0.1) is 10.5 Å². The van der Waals surface area contributed by atoms with E-state index in [1.54, 1.807) is 6.07 Å². The number of hydrogen-bond acceptors (Lipinski definition) is 3. The van der Waals surface area contributed by atoms with Gasteiger partial charge in [-0.2, -0.15) is 0 Å². The summed E-state index contributed by atoms with van der Waals surface area (Å²) in [6.45, 7) is 0.379. The zero-order chi connectivity index (χ0) is 12.1. The van der Waals surface area contributed by atoms with E-state index >= 15 is 0 Å². The molecule has 0 aromatic carbocycles.